The lowest BCUT2D eigenvalue weighted by molar-refractivity contribution is 0.172. The monoisotopic (exact) mass is 228 g/mol. The number of fused-ring (bicyclic) bond motifs is 1. The van der Waals surface area contributed by atoms with E-state index in [0.717, 1.165) is 11.3 Å². The van der Waals surface area contributed by atoms with E-state index < -0.39 is 0 Å². The SMILES string of the molecule is C1=CNOC=C1.C1=Cc2ccccc2ON=C1. The van der Waals surface area contributed by atoms with Crippen molar-refractivity contribution in [3.63, 3.8) is 0 Å². The third-order valence-corrected chi connectivity index (χ3v) is 1.98. The van der Waals surface area contributed by atoms with Gasteiger partial charge >= 0.3 is 0 Å². The smallest absolute Gasteiger partial charge is 0.165 e. The van der Waals surface area contributed by atoms with Gasteiger partial charge in [-0.1, -0.05) is 23.4 Å². The Morgan fingerprint density at radius 1 is 1.06 bits per heavy atom. The molecule has 0 saturated carbocycles. The molecule has 1 aromatic carbocycles. The Morgan fingerprint density at radius 3 is 2.71 bits per heavy atom. The maximum Gasteiger partial charge on any atom is 0.165 e. The minimum Gasteiger partial charge on any atom is -0.391 e. The number of rotatable bonds is 0. The van der Waals surface area contributed by atoms with E-state index >= 15 is 0 Å². The Bertz CT molecular complexity index is 464. The Hall–Kier alpha value is -2.49. The molecule has 17 heavy (non-hydrogen) atoms. The van der Waals surface area contributed by atoms with Crippen LogP contribution < -0.4 is 10.3 Å². The summed E-state index contributed by atoms with van der Waals surface area (Å²) in [6, 6.07) is 7.77. The molecule has 0 radical (unpaired) electrons. The molecule has 0 unspecified atom stereocenters. The van der Waals surface area contributed by atoms with E-state index in [1.165, 1.54) is 0 Å². The van der Waals surface area contributed by atoms with E-state index in [1.54, 1.807) is 24.8 Å². The number of allylic oxidation sites excluding steroid dienone is 3. The van der Waals surface area contributed by atoms with Crippen molar-refractivity contribution < 1.29 is 9.68 Å². The van der Waals surface area contributed by atoms with E-state index in [-0.39, 0.29) is 0 Å². The number of hydrogen-bond donors (Lipinski definition) is 1. The molecule has 86 valence electrons. The van der Waals surface area contributed by atoms with Gasteiger partial charge in [0.25, 0.3) is 0 Å². The summed E-state index contributed by atoms with van der Waals surface area (Å²) in [5.74, 6) is 0.803. The predicted octanol–water partition coefficient (Wildman–Crippen LogP) is 2.63. The van der Waals surface area contributed by atoms with E-state index in [2.05, 4.69) is 15.5 Å². The first-order valence-corrected chi connectivity index (χ1v) is 5.16. The van der Waals surface area contributed by atoms with Gasteiger partial charge in [-0.25, -0.2) is 5.48 Å². The summed E-state index contributed by atoms with van der Waals surface area (Å²) >= 11 is 0. The van der Waals surface area contributed by atoms with Crippen molar-refractivity contribution in [2.75, 3.05) is 0 Å². The lowest BCUT2D eigenvalue weighted by Crippen LogP contribution is -2.01. The van der Waals surface area contributed by atoms with Crippen LogP contribution >= 0.6 is 0 Å². The maximum atomic E-state index is 5.06. The molecule has 4 heteroatoms. The normalized spacial score (nSPS) is 14.4. The predicted molar refractivity (Wildman–Crippen MR) is 67.1 cm³/mol. The number of oxime groups is 1. The largest absolute Gasteiger partial charge is 0.391 e. The highest BCUT2D eigenvalue weighted by Gasteiger charge is 1.99. The van der Waals surface area contributed by atoms with Gasteiger partial charge in [0.2, 0.25) is 0 Å². The lowest BCUT2D eigenvalue weighted by atomic mass is 10.2. The highest BCUT2D eigenvalue weighted by atomic mass is 16.6. The molecule has 0 saturated heterocycles. The van der Waals surface area contributed by atoms with Crippen LogP contribution in [0.25, 0.3) is 6.08 Å². The number of hydrogen-bond acceptors (Lipinski definition) is 4. The molecule has 0 fully saturated rings. The van der Waals surface area contributed by atoms with Crippen molar-refractivity contribution in [1.29, 1.82) is 0 Å². The van der Waals surface area contributed by atoms with Gasteiger partial charge in [-0.2, -0.15) is 0 Å². The molecular formula is C13H12N2O2. The van der Waals surface area contributed by atoms with Crippen LogP contribution in [0.1, 0.15) is 5.56 Å². The number of hydroxylamine groups is 1. The molecule has 0 aliphatic carbocycles. The van der Waals surface area contributed by atoms with Crippen molar-refractivity contribution in [2.45, 2.75) is 0 Å². The summed E-state index contributed by atoms with van der Waals surface area (Å²) in [6.45, 7) is 0. The molecule has 0 amide bonds. The summed E-state index contributed by atoms with van der Waals surface area (Å²) in [5, 5.41) is 3.70. The fourth-order valence-corrected chi connectivity index (χ4v) is 1.23. The standard InChI is InChI=1S/C9H7NO.C4H5NO/c1-2-6-9-8(4-1)5-3-7-10-11-9;1-2-4-6-5-3-1/h1-7H;1-5H. The summed E-state index contributed by atoms with van der Waals surface area (Å²) in [5.41, 5.74) is 3.58. The minimum atomic E-state index is 0.803. The number of nitrogens with one attached hydrogen (secondary N) is 1. The van der Waals surface area contributed by atoms with Crippen molar-refractivity contribution in [1.82, 2.24) is 5.48 Å². The molecule has 1 aromatic rings. The molecule has 4 nitrogen and oxygen atoms in total. The van der Waals surface area contributed by atoms with E-state index in [4.69, 9.17) is 4.84 Å². The molecule has 2 heterocycles. The number of para-hydroxylation sites is 1. The molecule has 3 rings (SSSR count). The summed E-state index contributed by atoms with van der Waals surface area (Å²) in [6.07, 6.45) is 12.4. The average molecular weight is 228 g/mol. The van der Waals surface area contributed by atoms with Crippen molar-refractivity contribution >= 4 is 12.3 Å². The van der Waals surface area contributed by atoms with Crippen LogP contribution in [0.5, 0.6) is 5.75 Å². The van der Waals surface area contributed by atoms with Gasteiger partial charge in [-0.15, -0.1) is 0 Å². The number of benzene rings is 1. The second-order valence-electron chi connectivity index (χ2n) is 3.17. The van der Waals surface area contributed by atoms with Gasteiger partial charge in [0, 0.05) is 11.8 Å². The number of nitrogens with zero attached hydrogens (tertiary/aromatic N) is 1. The first-order valence-electron chi connectivity index (χ1n) is 5.16. The van der Waals surface area contributed by atoms with Crippen molar-refractivity contribution in [3.8, 4) is 5.75 Å². The molecule has 0 atom stereocenters. The van der Waals surface area contributed by atoms with Gasteiger partial charge in [-0.05, 0) is 30.4 Å². The maximum absolute atomic E-state index is 5.06. The van der Waals surface area contributed by atoms with Gasteiger partial charge in [0.05, 0.1) is 6.21 Å². The molecule has 0 bridgehead atoms. The van der Waals surface area contributed by atoms with Crippen LogP contribution in [-0.2, 0) is 4.84 Å². The van der Waals surface area contributed by atoms with Gasteiger partial charge in [0.15, 0.2) is 5.75 Å². The van der Waals surface area contributed by atoms with Crippen LogP contribution in [0.15, 0.2) is 60.1 Å². The Balaban J connectivity index is 0.000000153. The van der Waals surface area contributed by atoms with E-state index in [9.17, 15) is 0 Å². The molecule has 0 spiro atoms. The highest BCUT2D eigenvalue weighted by Crippen LogP contribution is 2.20. The third kappa shape index (κ3) is 3.53. The van der Waals surface area contributed by atoms with Crippen LogP contribution in [0, 0.1) is 0 Å². The van der Waals surface area contributed by atoms with Crippen molar-refractivity contribution in [3.05, 3.63) is 60.5 Å². The quantitative estimate of drug-likeness (QED) is 0.742. The average Bonchev–Trinajstić information content (AvgIpc) is 2.66. The Morgan fingerprint density at radius 2 is 2.00 bits per heavy atom. The Kier molecular flexibility index (Phi) is 4.00. The second kappa shape index (κ2) is 6.17. The summed E-state index contributed by atoms with van der Waals surface area (Å²) in [4.78, 5) is 9.61. The zero-order chi connectivity index (χ0) is 11.8. The van der Waals surface area contributed by atoms with Gasteiger partial charge in [-0.3, -0.25) is 0 Å². The fraction of sp³-hybridized carbons (Fsp3) is 0. The molecule has 2 aliphatic rings. The molecule has 0 aromatic heterocycles. The van der Waals surface area contributed by atoms with Gasteiger partial charge in [0.1, 0.15) is 6.26 Å². The van der Waals surface area contributed by atoms with Crippen LogP contribution in [0.4, 0.5) is 0 Å². The lowest BCUT2D eigenvalue weighted by Gasteiger charge is -1.98. The van der Waals surface area contributed by atoms with Crippen LogP contribution in [0.3, 0.4) is 0 Å². The molecule has 2 aliphatic heterocycles. The second-order valence-corrected chi connectivity index (χ2v) is 3.17. The summed E-state index contributed by atoms with van der Waals surface area (Å²) in [7, 11) is 0. The third-order valence-electron chi connectivity index (χ3n) is 1.98. The van der Waals surface area contributed by atoms with Crippen LogP contribution in [0.2, 0.25) is 0 Å². The van der Waals surface area contributed by atoms with E-state index in [1.807, 2.05) is 42.5 Å². The molecular weight excluding hydrogens is 216 g/mol. The Labute approximate surface area is 99.5 Å². The first kappa shape index (κ1) is 11.0. The minimum absolute atomic E-state index is 0.803. The highest BCUT2D eigenvalue weighted by molar-refractivity contribution is 5.80. The first-order chi connectivity index (χ1) is 8.47. The molecule has 1 N–H and O–H groups in total. The topological polar surface area (TPSA) is 42.8 Å². The zero-order valence-corrected chi connectivity index (χ0v) is 9.11. The van der Waals surface area contributed by atoms with Gasteiger partial charge < -0.3 is 9.68 Å². The fourth-order valence-electron chi connectivity index (χ4n) is 1.23. The zero-order valence-electron chi connectivity index (χ0n) is 9.11. The van der Waals surface area contributed by atoms with E-state index in [0.29, 0.717) is 0 Å². The van der Waals surface area contributed by atoms with Crippen molar-refractivity contribution in [2.24, 2.45) is 5.16 Å². The van der Waals surface area contributed by atoms with Crippen LogP contribution in [-0.4, -0.2) is 6.21 Å². The summed E-state index contributed by atoms with van der Waals surface area (Å²) < 4.78 is 0.